The van der Waals surface area contributed by atoms with E-state index in [1.165, 1.54) is 11.8 Å². The van der Waals surface area contributed by atoms with E-state index in [9.17, 15) is 29.1 Å². The number of aliphatic carboxylic acids is 1. The number of primary amides is 1. The highest BCUT2D eigenvalue weighted by Crippen LogP contribution is 2.05. The van der Waals surface area contributed by atoms with E-state index in [0.717, 1.165) is 5.56 Å². The van der Waals surface area contributed by atoms with E-state index in [1.807, 2.05) is 30.3 Å². The number of carboxylic acids is 1. The van der Waals surface area contributed by atoms with Crippen LogP contribution in [0.1, 0.15) is 18.4 Å². The molecule has 0 aliphatic carbocycles. The fourth-order valence-electron chi connectivity index (χ4n) is 2.88. The Hall–Kier alpha value is -2.77. The third kappa shape index (κ3) is 10.4. The number of carbonyl (C=O) groups is 5. The molecule has 0 aliphatic heterocycles. The Morgan fingerprint density at radius 2 is 1.53 bits per heavy atom. The van der Waals surface area contributed by atoms with Gasteiger partial charge in [0.15, 0.2) is 0 Å². The molecule has 0 saturated carbocycles. The number of amides is 4. The summed E-state index contributed by atoms with van der Waals surface area (Å²) >= 11 is 5.53. The van der Waals surface area contributed by atoms with Gasteiger partial charge in [0.05, 0.1) is 12.5 Å². The van der Waals surface area contributed by atoms with Crippen LogP contribution in [0, 0.1) is 0 Å². The minimum atomic E-state index is -1.53. The van der Waals surface area contributed by atoms with Crippen LogP contribution in [-0.4, -0.2) is 76.6 Å². The molecule has 0 aliphatic rings. The average Bonchev–Trinajstić information content (AvgIpc) is 2.79. The van der Waals surface area contributed by atoms with Crippen molar-refractivity contribution in [2.75, 3.05) is 17.8 Å². The van der Waals surface area contributed by atoms with Gasteiger partial charge in [0, 0.05) is 5.75 Å². The van der Waals surface area contributed by atoms with E-state index in [1.54, 1.807) is 6.26 Å². The first-order valence-electron chi connectivity index (χ1n) is 10.4. The molecule has 4 amide bonds. The fraction of sp³-hybridized carbons (Fsp3) is 0.476. The molecule has 1 aromatic carbocycles. The largest absolute Gasteiger partial charge is 0.480 e. The van der Waals surface area contributed by atoms with Gasteiger partial charge in [-0.3, -0.25) is 19.2 Å². The summed E-state index contributed by atoms with van der Waals surface area (Å²) in [5.74, 6) is -3.95. The van der Waals surface area contributed by atoms with E-state index in [-0.39, 0.29) is 18.6 Å². The third-order valence-corrected chi connectivity index (χ3v) is 5.72. The van der Waals surface area contributed by atoms with Crippen LogP contribution in [0.5, 0.6) is 0 Å². The van der Waals surface area contributed by atoms with Crippen LogP contribution in [0.2, 0.25) is 0 Å². The molecule has 1 rings (SSSR count). The number of thioether (sulfide) groups is 1. The van der Waals surface area contributed by atoms with Gasteiger partial charge >= 0.3 is 5.97 Å². The van der Waals surface area contributed by atoms with Crippen LogP contribution in [0.25, 0.3) is 0 Å². The third-order valence-electron chi connectivity index (χ3n) is 4.71. The van der Waals surface area contributed by atoms with Gasteiger partial charge in [-0.25, -0.2) is 4.79 Å². The average molecular weight is 514 g/mol. The van der Waals surface area contributed by atoms with E-state index in [4.69, 9.17) is 11.5 Å². The van der Waals surface area contributed by atoms with Gasteiger partial charge in [-0.2, -0.15) is 24.4 Å². The fourth-order valence-corrected chi connectivity index (χ4v) is 3.61. The molecule has 8 N–H and O–H groups in total. The first-order chi connectivity index (χ1) is 16.1. The summed E-state index contributed by atoms with van der Waals surface area (Å²) < 4.78 is 0. The van der Waals surface area contributed by atoms with Crippen LogP contribution in [0.15, 0.2) is 30.3 Å². The molecule has 0 aromatic heterocycles. The molecule has 4 atom stereocenters. The number of hydrogen-bond donors (Lipinski definition) is 7. The molecule has 34 heavy (non-hydrogen) atoms. The maximum absolute atomic E-state index is 12.8. The summed E-state index contributed by atoms with van der Waals surface area (Å²) in [6.07, 6.45) is 1.65. The normalized spacial score (nSPS) is 14.2. The van der Waals surface area contributed by atoms with Crippen LogP contribution in [0.4, 0.5) is 0 Å². The summed E-state index contributed by atoms with van der Waals surface area (Å²) in [6, 6.07) is 4.51. The lowest BCUT2D eigenvalue weighted by atomic mass is 10.1. The zero-order chi connectivity index (χ0) is 25.7. The first kappa shape index (κ1) is 29.3. The van der Waals surface area contributed by atoms with Crippen molar-refractivity contribution in [2.24, 2.45) is 11.5 Å². The van der Waals surface area contributed by atoms with Gasteiger partial charge in [0.1, 0.15) is 18.1 Å². The predicted molar refractivity (Wildman–Crippen MR) is 132 cm³/mol. The van der Waals surface area contributed by atoms with Crippen molar-refractivity contribution in [1.82, 2.24) is 16.0 Å². The first-order valence-corrected chi connectivity index (χ1v) is 12.4. The Morgan fingerprint density at radius 3 is 2.06 bits per heavy atom. The van der Waals surface area contributed by atoms with E-state index in [0.29, 0.717) is 5.75 Å². The van der Waals surface area contributed by atoms with Crippen LogP contribution < -0.4 is 27.4 Å². The number of carboxylic acid groups (broad SMARTS) is 1. The molecule has 0 saturated heterocycles. The van der Waals surface area contributed by atoms with Gasteiger partial charge in [-0.15, -0.1) is 0 Å². The SMILES string of the molecule is CSCCC(NC(=O)C(CS)NC(=O)C(N)Cc1ccccc1)C(=O)NC(CC(N)=O)C(=O)O. The zero-order valence-electron chi connectivity index (χ0n) is 18.7. The zero-order valence-corrected chi connectivity index (χ0v) is 20.4. The van der Waals surface area contributed by atoms with Gasteiger partial charge in [0.25, 0.3) is 0 Å². The second kappa shape index (κ2) is 15.2. The summed E-state index contributed by atoms with van der Waals surface area (Å²) in [6.45, 7) is 0. The number of nitrogens with two attached hydrogens (primary N) is 2. The van der Waals surface area contributed by atoms with Crippen molar-refractivity contribution < 1.29 is 29.1 Å². The number of rotatable bonds is 15. The van der Waals surface area contributed by atoms with Crippen molar-refractivity contribution in [3.63, 3.8) is 0 Å². The molecule has 188 valence electrons. The maximum Gasteiger partial charge on any atom is 0.326 e. The maximum atomic E-state index is 12.8. The second-order valence-electron chi connectivity index (χ2n) is 7.45. The van der Waals surface area contributed by atoms with Crippen molar-refractivity contribution in [1.29, 1.82) is 0 Å². The van der Waals surface area contributed by atoms with Gasteiger partial charge in [-0.1, -0.05) is 30.3 Å². The molecule has 0 bridgehead atoms. The Morgan fingerprint density at radius 1 is 0.971 bits per heavy atom. The molecule has 1 aromatic rings. The lowest BCUT2D eigenvalue weighted by Gasteiger charge is -2.24. The van der Waals surface area contributed by atoms with E-state index in [2.05, 4.69) is 28.6 Å². The van der Waals surface area contributed by atoms with Crippen molar-refractivity contribution in [2.45, 2.75) is 43.4 Å². The molecule has 0 heterocycles. The Balaban J connectivity index is 2.81. The summed E-state index contributed by atoms with van der Waals surface area (Å²) in [5.41, 5.74) is 11.9. The topological polar surface area (TPSA) is 194 Å². The van der Waals surface area contributed by atoms with Crippen molar-refractivity contribution in [3.8, 4) is 0 Å². The minimum absolute atomic E-state index is 0.0636. The molecule has 4 unspecified atom stereocenters. The van der Waals surface area contributed by atoms with Gasteiger partial charge in [-0.05, 0) is 30.4 Å². The number of hydrogen-bond acceptors (Lipinski definition) is 8. The highest BCUT2D eigenvalue weighted by molar-refractivity contribution is 7.98. The summed E-state index contributed by atoms with van der Waals surface area (Å²) in [7, 11) is 0. The summed E-state index contributed by atoms with van der Waals surface area (Å²) in [5, 5.41) is 16.5. The molecule has 0 radical (unpaired) electrons. The lowest BCUT2D eigenvalue weighted by molar-refractivity contribution is -0.143. The molecule has 0 spiro atoms. The summed E-state index contributed by atoms with van der Waals surface area (Å²) in [4.78, 5) is 60.3. The molecule has 11 nitrogen and oxygen atoms in total. The Bertz CT molecular complexity index is 857. The molecule has 0 fully saturated rings. The monoisotopic (exact) mass is 513 g/mol. The van der Waals surface area contributed by atoms with E-state index < -0.39 is 60.2 Å². The second-order valence-corrected chi connectivity index (χ2v) is 8.80. The van der Waals surface area contributed by atoms with Gasteiger partial charge < -0.3 is 32.5 Å². The van der Waals surface area contributed by atoms with Gasteiger partial charge in [0.2, 0.25) is 23.6 Å². The highest BCUT2D eigenvalue weighted by Gasteiger charge is 2.30. The number of nitrogens with one attached hydrogen (secondary N) is 3. The number of thiol groups is 1. The van der Waals surface area contributed by atoms with Crippen molar-refractivity contribution in [3.05, 3.63) is 35.9 Å². The Labute approximate surface area is 207 Å². The lowest BCUT2D eigenvalue weighted by Crippen LogP contribution is -2.58. The molecular formula is C21H31N5O6S2. The highest BCUT2D eigenvalue weighted by atomic mass is 32.2. The van der Waals surface area contributed by atoms with Crippen LogP contribution >= 0.6 is 24.4 Å². The number of benzene rings is 1. The molecule has 13 heteroatoms. The van der Waals surface area contributed by atoms with Crippen LogP contribution in [-0.2, 0) is 30.4 Å². The van der Waals surface area contributed by atoms with Crippen LogP contribution in [0.3, 0.4) is 0 Å². The smallest absolute Gasteiger partial charge is 0.326 e. The standard InChI is InChI=1S/C21H31N5O6S2/c1-34-8-7-14(19(29)25-15(21(31)32)10-17(23)27)24-20(30)16(11-33)26-18(28)13(22)9-12-5-3-2-4-6-12/h2-6,13-16,33H,7-11,22H2,1H3,(H2,23,27)(H,24,30)(H,25,29)(H,26,28)(H,31,32). The van der Waals surface area contributed by atoms with E-state index >= 15 is 0 Å². The van der Waals surface area contributed by atoms with Crippen molar-refractivity contribution >= 4 is 54.0 Å². The molecular weight excluding hydrogens is 482 g/mol. The number of carbonyl (C=O) groups excluding carboxylic acids is 4. The Kier molecular flexibility index (Phi) is 13.1. The predicted octanol–water partition coefficient (Wildman–Crippen LogP) is -1.35. The quantitative estimate of drug-likeness (QED) is 0.140. The minimum Gasteiger partial charge on any atom is -0.480 e.